The average molecular weight is 266 g/mol. The number of hydrogen-bond donors (Lipinski definition) is 1. The Bertz CT molecular complexity index is 344. The lowest BCUT2D eigenvalue weighted by Gasteiger charge is -2.20. The van der Waals surface area contributed by atoms with Gasteiger partial charge in [0, 0.05) is 18.7 Å². The van der Waals surface area contributed by atoms with Crippen LogP contribution in [0.1, 0.15) is 39.8 Å². The number of rotatable bonds is 8. The zero-order valence-electron chi connectivity index (χ0n) is 12.5. The van der Waals surface area contributed by atoms with Crippen LogP contribution < -0.4 is 10.1 Å². The van der Waals surface area contributed by atoms with Gasteiger partial charge < -0.3 is 14.8 Å². The summed E-state index contributed by atoms with van der Waals surface area (Å²) >= 11 is 0. The lowest BCUT2D eigenvalue weighted by Crippen LogP contribution is -2.35. The fraction of sp³-hybridized carbons (Fsp3) is 0.667. The molecule has 1 aromatic heterocycles. The predicted octanol–water partition coefficient (Wildman–Crippen LogP) is 2.78. The summed E-state index contributed by atoms with van der Waals surface area (Å²) in [4.78, 5) is 4.37. The Hall–Kier alpha value is -1.13. The molecule has 0 saturated heterocycles. The lowest BCUT2D eigenvalue weighted by atomic mass is 10.1. The van der Waals surface area contributed by atoms with Gasteiger partial charge in [0.05, 0.1) is 18.5 Å². The first-order chi connectivity index (χ1) is 9.01. The topological polar surface area (TPSA) is 43.4 Å². The normalized spacial score (nSPS) is 11.6. The maximum absolute atomic E-state index is 5.55. The number of nitrogens with zero attached hydrogens (tertiary/aromatic N) is 1. The van der Waals surface area contributed by atoms with Crippen molar-refractivity contribution in [3.63, 3.8) is 0 Å². The van der Waals surface area contributed by atoms with Crippen LogP contribution in [0.4, 0.5) is 0 Å². The van der Waals surface area contributed by atoms with Crippen molar-refractivity contribution in [1.82, 2.24) is 10.3 Å². The molecule has 0 fully saturated rings. The maximum Gasteiger partial charge on any atom is 0.137 e. The first-order valence-corrected chi connectivity index (χ1v) is 6.92. The number of pyridine rings is 1. The molecule has 1 heterocycles. The molecule has 1 N–H and O–H groups in total. The molecule has 19 heavy (non-hydrogen) atoms. The third-order valence-electron chi connectivity index (χ3n) is 2.44. The van der Waals surface area contributed by atoms with E-state index in [4.69, 9.17) is 9.47 Å². The Kier molecular flexibility index (Phi) is 6.81. The van der Waals surface area contributed by atoms with Gasteiger partial charge in [-0.25, -0.2) is 0 Å². The van der Waals surface area contributed by atoms with Gasteiger partial charge in [0.1, 0.15) is 12.4 Å². The van der Waals surface area contributed by atoms with E-state index in [1.54, 1.807) is 6.20 Å². The Morgan fingerprint density at radius 1 is 1.16 bits per heavy atom. The summed E-state index contributed by atoms with van der Waals surface area (Å²) < 4.78 is 10.9. The molecule has 0 aliphatic carbocycles. The summed E-state index contributed by atoms with van der Waals surface area (Å²) in [5.74, 6) is 0.791. The molecule has 0 saturated carbocycles. The Morgan fingerprint density at radius 3 is 2.53 bits per heavy atom. The van der Waals surface area contributed by atoms with Gasteiger partial charge >= 0.3 is 0 Å². The quantitative estimate of drug-likeness (QED) is 0.735. The monoisotopic (exact) mass is 266 g/mol. The molecule has 0 spiro atoms. The van der Waals surface area contributed by atoms with E-state index in [1.807, 2.05) is 12.1 Å². The van der Waals surface area contributed by atoms with Crippen molar-refractivity contribution in [2.75, 3.05) is 19.8 Å². The van der Waals surface area contributed by atoms with E-state index >= 15 is 0 Å². The van der Waals surface area contributed by atoms with Crippen molar-refractivity contribution in [3.05, 3.63) is 24.0 Å². The van der Waals surface area contributed by atoms with Crippen molar-refractivity contribution in [3.8, 4) is 5.75 Å². The highest BCUT2D eigenvalue weighted by atomic mass is 16.5. The molecule has 108 valence electrons. The molecular formula is C15H26N2O2. The molecule has 0 aliphatic rings. The van der Waals surface area contributed by atoms with Crippen LogP contribution in [0.2, 0.25) is 0 Å². The van der Waals surface area contributed by atoms with Crippen molar-refractivity contribution in [2.45, 2.75) is 46.2 Å². The van der Waals surface area contributed by atoms with Gasteiger partial charge in [-0.15, -0.1) is 0 Å². The highest BCUT2D eigenvalue weighted by molar-refractivity contribution is 5.19. The second-order valence-corrected chi connectivity index (χ2v) is 5.55. The average Bonchev–Trinajstić information content (AvgIpc) is 2.37. The maximum atomic E-state index is 5.55. The number of aromatic nitrogens is 1. The predicted molar refractivity (Wildman–Crippen MR) is 77.4 cm³/mol. The molecule has 1 aromatic rings. The molecule has 0 unspecified atom stereocenters. The minimum Gasteiger partial charge on any atom is -0.490 e. The van der Waals surface area contributed by atoms with Gasteiger partial charge in [-0.05, 0) is 39.3 Å². The van der Waals surface area contributed by atoms with Gasteiger partial charge in [0.15, 0.2) is 0 Å². The number of nitrogens with one attached hydrogen (secondary N) is 1. The number of ether oxygens (including phenoxy) is 2. The van der Waals surface area contributed by atoms with Gasteiger partial charge in [0.2, 0.25) is 0 Å². The second kappa shape index (κ2) is 8.12. The van der Waals surface area contributed by atoms with Crippen LogP contribution in [0.15, 0.2) is 18.3 Å². The van der Waals surface area contributed by atoms with E-state index in [1.165, 1.54) is 0 Å². The van der Waals surface area contributed by atoms with E-state index in [9.17, 15) is 0 Å². The zero-order valence-corrected chi connectivity index (χ0v) is 12.5. The molecule has 0 radical (unpaired) electrons. The summed E-state index contributed by atoms with van der Waals surface area (Å²) in [6, 6.07) is 3.94. The van der Waals surface area contributed by atoms with E-state index in [0.717, 1.165) is 31.0 Å². The van der Waals surface area contributed by atoms with E-state index < -0.39 is 0 Å². The Balaban J connectivity index is 2.27. The molecule has 1 rings (SSSR count). The van der Waals surface area contributed by atoms with E-state index in [0.29, 0.717) is 13.2 Å². The second-order valence-electron chi connectivity index (χ2n) is 5.55. The van der Waals surface area contributed by atoms with Gasteiger partial charge in [-0.2, -0.15) is 0 Å². The fourth-order valence-electron chi connectivity index (χ4n) is 1.42. The largest absolute Gasteiger partial charge is 0.490 e. The van der Waals surface area contributed by atoms with Crippen LogP contribution in [-0.4, -0.2) is 30.3 Å². The van der Waals surface area contributed by atoms with Crippen LogP contribution in [0.25, 0.3) is 0 Å². The smallest absolute Gasteiger partial charge is 0.137 e. The van der Waals surface area contributed by atoms with E-state index in [2.05, 4.69) is 38.0 Å². The fourth-order valence-corrected chi connectivity index (χ4v) is 1.42. The molecule has 0 aromatic carbocycles. The van der Waals surface area contributed by atoms with Crippen molar-refractivity contribution in [2.24, 2.45) is 0 Å². The molecule has 0 bridgehead atoms. The molecule has 0 atom stereocenters. The molecular weight excluding hydrogens is 240 g/mol. The van der Waals surface area contributed by atoms with Crippen molar-refractivity contribution < 1.29 is 9.47 Å². The highest BCUT2D eigenvalue weighted by Crippen LogP contribution is 2.10. The van der Waals surface area contributed by atoms with Crippen LogP contribution in [0, 0.1) is 0 Å². The van der Waals surface area contributed by atoms with Crippen LogP contribution in [0.5, 0.6) is 5.75 Å². The Labute approximate surface area is 116 Å². The summed E-state index contributed by atoms with van der Waals surface area (Å²) in [5, 5.41) is 3.40. The molecule has 4 heteroatoms. The first-order valence-electron chi connectivity index (χ1n) is 6.92. The SMILES string of the molecule is CCCOCCOc1ccc(CNC(C)(C)C)nc1. The first kappa shape index (κ1) is 15.9. The summed E-state index contributed by atoms with van der Waals surface area (Å²) in [7, 11) is 0. The lowest BCUT2D eigenvalue weighted by molar-refractivity contribution is 0.100. The summed E-state index contributed by atoms with van der Waals surface area (Å²) in [6.45, 7) is 11.3. The van der Waals surface area contributed by atoms with Crippen LogP contribution in [-0.2, 0) is 11.3 Å². The standard InChI is InChI=1S/C15H26N2O2/c1-5-8-18-9-10-19-14-7-6-13(16-12-14)11-17-15(2,3)4/h6-7,12,17H,5,8-11H2,1-4H3. The number of hydrogen-bond acceptors (Lipinski definition) is 4. The van der Waals surface area contributed by atoms with Crippen molar-refractivity contribution >= 4 is 0 Å². The van der Waals surface area contributed by atoms with Crippen LogP contribution in [0.3, 0.4) is 0 Å². The third-order valence-corrected chi connectivity index (χ3v) is 2.44. The third kappa shape index (κ3) is 7.80. The molecule has 0 aliphatic heterocycles. The summed E-state index contributed by atoms with van der Waals surface area (Å²) in [5.41, 5.74) is 1.12. The van der Waals surface area contributed by atoms with Crippen LogP contribution >= 0.6 is 0 Å². The van der Waals surface area contributed by atoms with E-state index in [-0.39, 0.29) is 5.54 Å². The molecule has 0 amide bonds. The summed E-state index contributed by atoms with van der Waals surface area (Å²) in [6.07, 6.45) is 2.80. The molecule has 4 nitrogen and oxygen atoms in total. The van der Waals surface area contributed by atoms with Crippen molar-refractivity contribution in [1.29, 1.82) is 0 Å². The van der Waals surface area contributed by atoms with Gasteiger partial charge in [0.25, 0.3) is 0 Å². The minimum absolute atomic E-state index is 0.105. The minimum atomic E-state index is 0.105. The Morgan fingerprint density at radius 2 is 1.95 bits per heavy atom. The van der Waals surface area contributed by atoms with Gasteiger partial charge in [-0.3, -0.25) is 4.98 Å². The van der Waals surface area contributed by atoms with Gasteiger partial charge in [-0.1, -0.05) is 6.92 Å². The highest BCUT2D eigenvalue weighted by Gasteiger charge is 2.08. The zero-order chi connectivity index (χ0) is 14.1.